The molecule has 0 aromatic heterocycles. The molecule has 0 radical (unpaired) electrons. The number of nitrogens with one attached hydrogen (secondary N) is 1. The average Bonchev–Trinajstić information content (AvgIpc) is 2.80. The average molecular weight is 457 g/mol. The lowest BCUT2D eigenvalue weighted by molar-refractivity contribution is -0.127. The fraction of sp³-hybridized carbons (Fsp3) is 0.500. The van der Waals surface area contributed by atoms with Gasteiger partial charge in [0.15, 0.2) is 0 Å². The molecule has 1 amide bonds. The Kier molecular flexibility index (Phi) is 8.12. The third-order valence-corrected chi connectivity index (χ3v) is 8.52. The van der Waals surface area contributed by atoms with E-state index in [1.807, 2.05) is 45.9 Å². The highest BCUT2D eigenvalue weighted by molar-refractivity contribution is 7.89. The van der Waals surface area contributed by atoms with Crippen LogP contribution in [-0.2, 0) is 21.2 Å². The van der Waals surface area contributed by atoms with Crippen LogP contribution in [-0.4, -0.2) is 31.7 Å². The largest absolute Gasteiger partial charge is 0.349 e. The van der Waals surface area contributed by atoms with Crippen molar-refractivity contribution in [1.29, 1.82) is 0 Å². The topological polar surface area (TPSA) is 66.5 Å². The normalized spacial score (nSPS) is 19.4. The van der Waals surface area contributed by atoms with Gasteiger partial charge in [-0.2, -0.15) is 4.31 Å². The first-order valence-corrected chi connectivity index (χ1v) is 13.3. The molecule has 2 aliphatic rings. The second kappa shape index (κ2) is 10.6. The summed E-state index contributed by atoms with van der Waals surface area (Å²) >= 11 is 0. The zero-order chi connectivity index (χ0) is 23.3. The number of benzene rings is 2. The fourth-order valence-electron chi connectivity index (χ4n) is 4.78. The number of fused-ring (bicyclic) bond motifs is 1. The van der Waals surface area contributed by atoms with Crippen LogP contribution >= 0.6 is 0 Å². The highest BCUT2D eigenvalue weighted by atomic mass is 32.2. The van der Waals surface area contributed by atoms with E-state index in [9.17, 15) is 13.2 Å². The van der Waals surface area contributed by atoms with Crippen LogP contribution in [0.4, 0.5) is 0 Å². The van der Waals surface area contributed by atoms with E-state index in [-0.39, 0.29) is 17.9 Å². The molecule has 1 N–H and O–H groups in total. The van der Waals surface area contributed by atoms with E-state index >= 15 is 0 Å². The summed E-state index contributed by atoms with van der Waals surface area (Å²) in [7, 11) is -3.52. The van der Waals surface area contributed by atoms with Crippen molar-refractivity contribution in [3.8, 4) is 0 Å². The zero-order valence-electron chi connectivity index (χ0n) is 19.7. The van der Waals surface area contributed by atoms with Crippen molar-refractivity contribution in [3.63, 3.8) is 0 Å². The zero-order valence-corrected chi connectivity index (χ0v) is 20.5. The molecule has 0 spiro atoms. The van der Waals surface area contributed by atoms with E-state index in [4.69, 9.17) is 0 Å². The van der Waals surface area contributed by atoms with E-state index in [0.717, 1.165) is 30.4 Å². The third kappa shape index (κ3) is 5.24. The minimum absolute atomic E-state index is 0.0558. The number of rotatable bonds is 4. The van der Waals surface area contributed by atoms with Crippen molar-refractivity contribution in [2.24, 2.45) is 5.92 Å². The predicted octanol–water partition coefficient (Wildman–Crippen LogP) is 4.92. The Labute approximate surface area is 193 Å². The molecule has 5 nitrogen and oxygen atoms in total. The monoisotopic (exact) mass is 456 g/mol. The number of carbonyl (C=O) groups is 1. The first-order chi connectivity index (χ1) is 15.4. The van der Waals surface area contributed by atoms with E-state index in [1.54, 1.807) is 6.07 Å². The number of aryl methyl sites for hydroxylation is 3. The summed E-state index contributed by atoms with van der Waals surface area (Å²) < 4.78 is 27.7. The lowest BCUT2D eigenvalue weighted by atomic mass is 9.87. The van der Waals surface area contributed by atoms with Crippen molar-refractivity contribution in [2.75, 3.05) is 13.1 Å². The van der Waals surface area contributed by atoms with Gasteiger partial charge in [-0.15, -0.1) is 0 Å². The molecule has 1 saturated heterocycles. The molecule has 4 rings (SSSR count). The van der Waals surface area contributed by atoms with Gasteiger partial charge in [0.1, 0.15) is 0 Å². The molecular formula is C26H36N2O3S. The molecule has 2 aromatic carbocycles. The molecule has 1 aliphatic carbocycles. The number of nitrogens with zero attached hydrogens (tertiary/aromatic N) is 1. The van der Waals surface area contributed by atoms with Crippen LogP contribution in [0.2, 0.25) is 0 Å². The second-order valence-corrected chi connectivity index (χ2v) is 10.5. The van der Waals surface area contributed by atoms with Crippen LogP contribution in [0.15, 0.2) is 47.4 Å². The van der Waals surface area contributed by atoms with Crippen LogP contribution < -0.4 is 5.32 Å². The van der Waals surface area contributed by atoms with E-state index in [2.05, 4.69) is 23.5 Å². The van der Waals surface area contributed by atoms with Gasteiger partial charge in [-0.05, 0) is 68.7 Å². The lowest BCUT2D eigenvalue weighted by Crippen LogP contribution is -2.44. The van der Waals surface area contributed by atoms with Gasteiger partial charge < -0.3 is 5.32 Å². The van der Waals surface area contributed by atoms with Crippen LogP contribution in [0.25, 0.3) is 0 Å². The molecule has 6 heteroatoms. The summed E-state index contributed by atoms with van der Waals surface area (Å²) in [5, 5.41) is 3.24. The van der Waals surface area contributed by atoms with E-state index in [0.29, 0.717) is 30.8 Å². The van der Waals surface area contributed by atoms with E-state index < -0.39 is 10.0 Å². The van der Waals surface area contributed by atoms with Crippen molar-refractivity contribution < 1.29 is 13.2 Å². The highest BCUT2D eigenvalue weighted by Gasteiger charge is 2.34. The van der Waals surface area contributed by atoms with Crippen LogP contribution in [0, 0.1) is 19.8 Å². The minimum Gasteiger partial charge on any atom is -0.349 e. The van der Waals surface area contributed by atoms with Gasteiger partial charge in [-0.1, -0.05) is 55.8 Å². The summed E-state index contributed by atoms with van der Waals surface area (Å²) in [4.78, 5) is 13.3. The molecule has 174 valence electrons. The van der Waals surface area contributed by atoms with Gasteiger partial charge in [0.05, 0.1) is 10.9 Å². The Morgan fingerprint density at radius 1 is 1.00 bits per heavy atom. The number of hydrogen-bond acceptors (Lipinski definition) is 3. The lowest BCUT2D eigenvalue weighted by Gasteiger charge is -2.33. The van der Waals surface area contributed by atoms with Gasteiger partial charge in [0.2, 0.25) is 15.9 Å². The molecule has 1 unspecified atom stereocenters. The quantitative estimate of drug-likeness (QED) is 0.710. The Morgan fingerprint density at radius 2 is 1.69 bits per heavy atom. The van der Waals surface area contributed by atoms with Crippen LogP contribution in [0.3, 0.4) is 0 Å². The van der Waals surface area contributed by atoms with Crippen LogP contribution in [0.1, 0.15) is 67.8 Å². The molecule has 0 bridgehead atoms. The summed E-state index contributed by atoms with van der Waals surface area (Å²) in [6.45, 7) is 8.56. The van der Waals surface area contributed by atoms with Crippen molar-refractivity contribution in [3.05, 3.63) is 64.7 Å². The highest BCUT2D eigenvalue weighted by Crippen LogP contribution is 2.31. The maximum absolute atomic E-state index is 13.1. The number of hydrogen-bond donors (Lipinski definition) is 1. The molecule has 1 atom stereocenters. The standard InChI is InChI=1S/C24H30N2O3S.C2H6/c1-17-10-11-23(18(2)16-17)30(28,29)26-14-12-20(13-15-26)24(27)25-22-9-5-7-19-6-3-4-8-21(19)22;1-2/h3-4,6,8,10-11,16,20,22H,5,7,9,12-15H2,1-2H3,(H,25,27);1-2H3. The third-order valence-electron chi connectivity index (χ3n) is 6.46. The molecule has 0 saturated carbocycles. The molecule has 32 heavy (non-hydrogen) atoms. The van der Waals surface area contributed by atoms with Crippen molar-refractivity contribution in [1.82, 2.24) is 9.62 Å². The minimum atomic E-state index is -3.52. The van der Waals surface area contributed by atoms with Gasteiger partial charge in [0, 0.05) is 19.0 Å². The van der Waals surface area contributed by atoms with E-state index in [1.165, 1.54) is 15.4 Å². The number of piperidine rings is 1. The smallest absolute Gasteiger partial charge is 0.243 e. The van der Waals surface area contributed by atoms with Crippen LogP contribution in [0.5, 0.6) is 0 Å². The van der Waals surface area contributed by atoms with Gasteiger partial charge in [-0.3, -0.25) is 4.79 Å². The summed E-state index contributed by atoms with van der Waals surface area (Å²) in [5.74, 6) is -0.0788. The molecule has 1 fully saturated rings. The maximum Gasteiger partial charge on any atom is 0.243 e. The second-order valence-electron chi connectivity index (χ2n) is 8.60. The first-order valence-electron chi connectivity index (χ1n) is 11.8. The van der Waals surface area contributed by atoms with Crippen molar-refractivity contribution in [2.45, 2.75) is 70.7 Å². The predicted molar refractivity (Wildman–Crippen MR) is 129 cm³/mol. The summed E-state index contributed by atoms with van der Waals surface area (Å²) in [5.41, 5.74) is 4.37. The summed E-state index contributed by atoms with van der Waals surface area (Å²) in [6, 6.07) is 13.8. The molecular weight excluding hydrogens is 420 g/mol. The number of amides is 1. The Morgan fingerprint density at radius 3 is 2.38 bits per heavy atom. The van der Waals surface area contributed by atoms with Gasteiger partial charge in [0.25, 0.3) is 0 Å². The Bertz CT molecular complexity index is 1040. The van der Waals surface area contributed by atoms with Gasteiger partial charge >= 0.3 is 0 Å². The number of carbonyl (C=O) groups excluding carboxylic acids is 1. The Balaban J connectivity index is 0.00000141. The fourth-order valence-corrected chi connectivity index (χ4v) is 6.46. The van der Waals surface area contributed by atoms with Gasteiger partial charge in [-0.25, -0.2) is 8.42 Å². The Hall–Kier alpha value is -2.18. The molecule has 1 heterocycles. The number of sulfonamides is 1. The molecule has 1 aliphatic heterocycles. The summed E-state index contributed by atoms with van der Waals surface area (Å²) in [6.07, 6.45) is 4.23. The maximum atomic E-state index is 13.1. The first kappa shape index (κ1) is 24.5. The molecule has 2 aromatic rings. The SMILES string of the molecule is CC.Cc1ccc(S(=O)(=O)N2CCC(C(=O)NC3CCCc4ccccc43)CC2)c(C)c1. The van der Waals surface area contributed by atoms with Crippen molar-refractivity contribution >= 4 is 15.9 Å².